The first-order valence-corrected chi connectivity index (χ1v) is 7.07. The number of rotatable bonds is 6. The van der Waals surface area contributed by atoms with E-state index < -0.39 is 0 Å². The van der Waals surface area contributed by atoms with Gasteiger partial charge in [-0.3, -0.25) is 11.3 Å². The van der Waals surface area contributed by atoms with E-state index in [0.29, 0.717) is 5.92 Å². The van der Waals surface area contributed by atoms with E-state index in [-0.39, 0.29) is 6.04 Å². The lowest BCUT2D eigenvalue weighted by molar-refractivity contribution is 0.393. The van der Waals surface area contributed by atoms with Gasteiger partial charge in [0.2, 0.25) is 0 Å². The number of fused-ring (bicyclic) bond motifs is 1. The van der Waals surface area contributed by atoms with Crippen LogP contribution in [-0.2, 0) is 13.0 Å². The van der Waals surface area contributed by atoms with Crippen LogP contribution in [0.25, 0.3) is 11.0 Å². The molecular weight excluding hydrogens is 236 g/mol. The largest absolute Gasteiger partial charge is 0.328 e. The maximum Gasteiger partial charge on any atom is 0.111 e. The van der Waals surface area contributed by atoms with E-state index in [9.17, 15) is 0 Å². The van der Waals surface area contributed by atoms with Crippen molar-refractivity contribution >= 4 is 11.0 Å². The number of nitrogens with two attached hydrogens (primary N) is 1. The summed E-state index contributed by atoms with van der Waals surface area (Å²) in [6, 6.07) is 8.58. The van der Waals surface area contributed by atoms with Crippen LogP contribution in [0.5, 0.6) is 0 Å². The number of nitrogens with one attached hydrogen (secondary N) is 1. The Morgan fingerprint density at radius 1 is 1.32 bits per heavy atom. The molecule has 1 atom stereocenters. The van der Waals surface area contributed by atoms with Gasteiger partial charge in [-0.15, -0.1) is 0 Å². The molecule has 1 unspecified atom stereocenters. The lowest BCUT2D eigenvalue weighted by Gasteiger charge is -2.20. The molecule has 4 nitrogen and oxygen atoms in total. The number of nitrogens with zero attached hydrogens (tertiary/aromatic N) is 2. The number of para-hydroxylation sites is 2. The van der Waals surface area contributed by atoms with Gasteiger partial charge in [-0.2, -0.15) is 0 Å². The Morgan fingerprint density at radius 2 is 2.05 bits per heavy atom. The van der Waals surface area contributed by atoms with Crippen molar-refractivity contribution in [3.8, 4) is 0 Å². The molecule has 1 heterocycles. The average Bonchev–Trinajstić information content (AvgIpc) is 2.74. The van der Waals surface area contributed by atoms with Gasteiger partial charge in [0, 0.05) is 19.0 Å². The molecule has 19 heavy (non-hydrogen) atoms. The summed E-state index contributed by atoms with van der Waals surface area (Å²) in [6.45, 7) is 7.56. The Kier molecular flexibility index (Phi) is 4.56. The molecule has 1 aromatic carbocycles. The van der Waals surface area contributed by atoms with E-state index in [1.54, 1.807) is 0 Å². The number of aromatic nitrogens is 2. The molecule has 0 bridgehead atoms. The molecule has 0 aliphatic rings. The van der Waals surface area contributed by atoms with Gasteiger partial charge in [-0.1, -0.05) is 32.9 Å². The number of hydrogen-bond acceptors (Lipinski definition) is 3. The summed E-state index contributed by atoms with van der Waals surface area (Å²) < 4.78 is 2.32. The van der Waals surface area contributed by atoms with Crippen LogP contribution in [0.1, 0.15) is 33.0 Å². The molecule has 4 heteroatoms. The maximum absolute atomic E-state index is 5.65. The lowest BCUT2D eigenvalue weighted by Crippen LogP contribution is -2.41. The molecule has 104 valence electrons. The summed E-state index contributed by atoms with van der Waals surface area (Å²) in [4.78, 5) is 4.77. The highest BCUT2D eigenvalue weighted by Gasteiger charge is 2.17. The average molecular weight is 260 g/mol. The minimum atomic E-state index is 0.257. The second-order valence-electron chi connectivity index (χ2n) is 5.39. The fraction of sp³-hybridized carbons (Fsp3) is 0.533. The topological polar surface area (TPSA) is 55.9 Å². The van der Waals surface area contributed by atoms with E-state index in [0.717, 1.165) is 30.7 Å². The van der Waals surface area contributed by atoms with Crippen LogP contribution in [0.15, 0.2) is 24.3 Å². The summed E-state index contributed by atoms with van der Waals surface area (Å²) in [5.41, 5.74) is 5.21. The molecule has 1 aromatic heterocycles. The molecule has 3 N–H and O–H groups in total. The summed E-state index contributed by atoms with van der Waals surface area (Å²) in [5.74, 6) is 7.26. The van der Waals surface area contributed by atoms with Crippen LogP contribution in [0, 0.1) is 5.92 Å². The molecule has 0 fully saturated rings. The molecule has 2 aromatic rings. The highest BCUT2D eigenvalue weighted by atomic mass is 15.2. The first kappa shape index (κ1) is 14.0. The van der Waals surface area contributed by atoms with Gasteiger partial charge in [0.05, 0.1) is 11.0 Å². The van der Waals surface area contributed by atoms with Crippen molar-refractivity contribution in [2.24, 2.45) is 11.8 Å². The number of benzene rings is 1. The molecule has 0 radical (unpaired) electrons. The van der Waals surface area contributed by atoms with Gasteiger partial charge in [-0.25, -0.2) is 4.98 Å². The van der Waals surface area contributed by atoms with Gasteiger partial charge in [-0.05, 0) is 24.5 Å². The fourth-order valence-electron chi connectivity index (χ4n) is 2.44. The van der Waals surface area contributed by atoms with Crippen molar-refractivity contribution < 1.29 is 0 Å². The fourth-order valence-corrected chi connectivity index (χ4v) is 2.44. The first-order valence-electron chi connectivity index (χ1n) is 7.07. The predicted molar refractivity (Wildman–Crippen MR) is 79.7 cm³/mol. The van der Waals surface area contributed by atoms with Crippen LogP contribution in [-0.4, -0.2) is 15.6 Å². The second kappa shape index (κ2) is 6.17. The van der Waals surface area contributed by atoms with E-state index in [1.807, 2.05) is 6.07 Å². The third-order valence-electron chi connectivity index (χ3n) is 3.60. The van der Waals surface area contributed by atoms with Crippen molar-refractivity contribution in [3.63, 3.8) is 0 Å². The molecule has 0 amide bonds. The zero-order chi connectivity index (χ0) is 13.8. The summed E-state index contributed by atoms with van der Waals surface area (Å²) in [5, 5.41) is 0. The lowest BCUT2D eigenvalue weighted by atomic mass is 10.0. The monoisotopic (exact) mass is 260 g/mol. The molecule has 0 aliphatic heterocycles. The minimum Gasteiger partial charge on any atom is -0.328 e. The molecule has 0 aliphatic carbocycles. The Hall–Kier alpha value is -1.39. The van der Waals surface area contributed by atoms with Crippen molar-refractivity contribution in [3.05, 3.63) is 30.1 Å². The second-order valence-corrected chi connectivity index (χ2v) is 5.39. The smallest absolute Gasteiger partial charge is 0.111 e. The summed E-state index contributed by atoms with van der Waals surface area (Å²) in [6.07, 6.45) is 1.97. The number of aryl methyl sites for hydroxylation is 1. The highest BCUT2D eigenvalue weighted by Crippen LogP contribution is 2.19. The molecule has 0 spiro atoms. The van der Waals surface area contributed by atoms with Gasteiger partial charge >= 0.3 is 0 Å². The Balaban J connectivity index is 2.38. The number of hydrogen-bond donors (Lipinski definition) is 2. The third kappa shape index (κ3) is 2.96. The minimum absolute atomic E-state index is 0.257. The van der Waals surface area contributed by atoms with Gasteiger partial charge in [0.25, 0.3) is 0 Å². The highest BCUT2D eigenvalue weighted by molar-refractivity contribution is 5.75. The van der Waals surface area contributed by atoms with Gasteiger partial charge in [0.1, 0.15) is 5.82 Å². The van der Waals surface area contributed by atoms with E-state index in [2.05, 4.69) is 49.0 Å². The van der Waals surface area contributed by atoms with Gasteiger partial charge < -0.3 is 4.57 Å². The maximum atomic E-state index is 5.65. The summed E-state index contributed by atoms with van der Waals surface area (Å²) >= 11 is 0. The summed E-state index contributed by atoms with van der Waals surface area (Å²) in [7, 11) is 0. The molecule has 0 saturated heterocycles. The zero-order valence-corrected chi connectivity index (χ0v) is 12.1. The Labute approximate surface area is 115 Å². The molecular formula is C15H24N4. The predicted octanol–water partition coefficient (Wildman–Crippen LogP) is 2.48. The van der Waals surface area contributed by atoms with Crippen molar-refractivity contribution in [1.82, 2.24) is 15.0 Å². The van der Waals surface area contributed by atoms with Crippen LogP contribution in [0.3, 0.4) is 0 Å². The van der Waals surface area contributed by atoms with Crippen molar-refractivity contribution in [2.45, 2.75) is 46.2 Å². The molecule has 0 saturated carbocycles. The van der Waals surface area contributed by atoms with Crippen LogP contribution in [0.2, 0.25) is 0 Å². The normalized spacial score (nSPS) is 13.3. The quantitative estimate of drug-likeness (QED) is 0.619. The van der Waals surface area contributed by atoms with Crippen molar-refractivity contribution in [1.29, 1.82) is 0 Å². The van der Waals surface area contributed by atoms with E-state index >= 15 is 0 Å². The van der Waals surface area contributed by atoms with Crippen LogP contribution >= 0.6 is 0 Å². The zero-order valence-electron chi connectivity index (χ0n) is 12.1. The SMILES string of the molecule is CCCn1c(CC(NN)C(C)C)nc2ccccc21. The standard InChI is InChI=1S/C15H24N4/c1-4-9-19-14-8-6-5-7-12(14)17-15(19)10-13(18-16)11(2)3/h5-8,11,13,18H,4,9-10,16H2,1-3H3. The van der Waals surface area contributed by atoms with Crippen LogP contribution < -0.4 is 11.3 Å². The van der Waals surface area contributed by atoms with E-state index in [4.69, 9.17) is 10.8 Å². The number of imidazole rings is 1. The van der Waals surface area contributed by atoms with Crippen molar-refractivity contribution in [2.75, 3.05) is 0 Å². The molecule has 2 rings (SSSR count). The Morgan fingerprint density at radius 3 is 2.68 bits per heavy atom. The first-order chi connectivity index (χ1) is 9.17. The van der Waals surface area contributed by atoms with Crippen LogP contribution in [0.4, 0.5) is 0 Å². The van der Waals surface area contributed by atoms with E-state index in [1.165, 1.54) is 5.52 Å². The Bertz CT molecular complexity index is 530. The number of hydrazine groups is 1. The van der Waals surface area contributed by atoms with Gasteiger partial charge in [0.15, 0.2) is 0 Å². The third-order valence-corrected chi connectivity index (χ3v) is 3.60.